The summed E-state index contributed by atoms with van der Waals surface area (Å²) < 4.78 is 7.24. The molecule has 0 atom stereocenters. The van der Waals surface area contributed by atoms with Gasteiger partial charge in [-0.25, -0.2) is 4.68 Å². The zero-order valence-electron chi connectivity index (χ0n) is 15.9. The van der Waals surface area contributed by atoms with Crippen molar-refractivity contribution in [1.29, 1.82) is 5.26 Å². The lowest BCUT2D eigenvalue weighted by molar-refractivity contribution is 0.122. The Morgan fingerprint density at radius 1 is 1.21 bits per heavy atom. The van der Waals surface area contributed by atoms with Crippen LogP contribution in [0.3, 0.4) is 0 Å². The van der Waals surface area contributed by atoms with Crippen molar-refractivity contribution in [2.24, 2.45) is 5.73 Å². The molecule has 0 radical (unpaired) electrons. The van der Waals surface area contributed by atoms with Crippen LogP contribution < -0.4 is 10.6 Å². The van der Waals surface area contributed by atoms with Gasteiger partial charge < -0.3 is 15.4 Å². The van der Waals surface area contributed by atoms with E-state index in [1.165, 1.54) is 0 Å². The number of hydrogen-bond donors (Lipinski definition) is 1. The summed E-state index contributed by atoms with van der Waals surface area (Å²) in [5.74, 6) is 0.834. The van der Waals surface area contributed by atoms with Gasteiger partial charge in [0, 0.05) is 29.1 Å². The molecule has 29 heavy (non-hydrogen) atoms. The van der Waals surface area contributed by atoms with Crippen LogP contribution in [0.5, 0.6) is 0 Å². The van der Waals surface area contributed by atoms with Gasteiger partial charge >= 0.3 is 0 Å². The normalized spacial score (nSPS) is 14.0. The van der Waals surface area contributed by atoms with Gasteiger partial charge in [-0.2, -0.15) is 15.5 Å². The van der Waals surface area contributed by atoms with Crippen LogP contribution in [-0.4, -0.2) is 52.8 Å². The van der Waals surface area contributed by atoms with Crippen LogP contribution in [0, 0.1) is 11.3 Å². The molecule has 2 aromatic heterocycles. The number of ether oxygens (including phenoxy) is 1. The van der Waals surface area contributed by atoms with Crippen LogP contribution in [0.2, 0.25) is 0 Å². The summed E-state index contributed by atoms with van der Waals surface area (Å²) in [6, 6.07) is 9.82. The van der Waals surface area contributed by atoms with E-state index in [-0.39, 0.29) is 0 Å². The fourth-order valence-corrected chi connectivity index (χ4v) is 4.08. The molecule has 0 aliphatic carbocycles. The predicted octanol–water partition coefficient (Wildman–Crippen LogP) is 2.02. The highest BCUT2D eigenvalue weighted by molar-refractivity contribution is 7.99. The first-order chi connectivity index (χ1) is 14.3. The van der Waals surface area contributed by atoms with Gasteiger partial charge in [-0.05, 0) is 42.8 Å². The monoisotopic (exact) mass is 407 g/mol. The molecule has 2 N–H and O–H groups in total. The number of nitriles is 1. The molecule has 1 aliphatic rings. The quantitative estimate of drug-likeness (QED) is 0.662. The highest BCUT2D eigenvalue weighted by atomic mass is 32.2. The van der Waals surface area contributed by atoms with Crippen molar-refractivity contribution in [3.05, 3.63) is 54.0 Å². The van der Waals surface area contributed by atoms with E-state index in [9.17, 15) is 5.26 Å². The fourth-order valence-electron chi connectivity index (χ4n) is 3.11. The number of hydrogen-bond acceptors (Lipinski definition) is 8. The number of nitrogens with two attached hydrogens (primary N) is 1. The first-order valence-electron chi connectivity index (χ1n) is 9.38. The lowest BCUT2D eigenvalue weighted by atomic mass is 10.2. The van der Waals surface area contributed by atoms with Crippen LogP contribution in [0.15, 0.2) is 52.6 Å². The van der Waals surface area contributed by atoms with E-state index in [4.69, 9.17) is 10.5 Å². The SMILES string of the molecule is N#Cc1ccc(-n2cc(CCN)cn2)c(Sc2cnnc(N3CCOCC3)c2)c1. The Morgan fingerprint density at radius 2 is 2.07 bits per heavy atom. The van der Waals surface area contributed by atoms with Crippen molar-refractivity contribution in [3.63, 3.8) is 0 Å². The number of rotatable bonds is 6. The van der Waals surface area contributed by atoms with Gasteiger partial charge in [-0.15, -0.1) is 5.10 Å². The molecule has 0 spiro atoms. The summed E-state index contributed by atoms with van der Waals surface area (Å²) in [6.07, 6.45) is 6.31. The topological polar surface area (TPSA) is 106 Å². The first-order valence-corrected chi connectivity index (χ1v) is 10.2. The molecular formula is C20H21N7OS. The molecule has 4 rings (SSSR count). The van der Waals surface area contributed by atoms with Gasteiger partial charge in [0.25, 0.3) is 0 Å². The third kappa shape index (κ3) is 4.56. The molecule has 0 amide bonds. The lowest BCUT2D eigenvalue weighted by Gasteiger charge is -2.27. The molecule has 148 valence electrons. The van der Waals surface area contributed by atoms with E-state index in [2.05, 4.69) is 26.3 Å². The zero-order valence-corrected chi connectivity index (χ0v) is 16.7. The molecular weight excluding hydrogens is 386 g/mol. The third-order valence-electron chi connectivity index (χ3n) is 4.58. The van der Waals surface area contributed by atoms with E-state index < -0.39 is 0 Å². The highest BCUT2D eigenvalue weighted by Crippen LogP contribution is 2.34. The molecule has 0 unspecified atom stereocenters. The molecule has 3 aromatic rings. The van der Waals surface area contributed by atoms with E-state index in [1.54, 1.807) is 24.0 Å². The van der Waals surface area contributed by atoms with E-state index in [0.717, 1.165) is 46.4 Å². The number of nitrogens with zero attached hydrogens (tertiary/aromatic N) is 6. The zero-order chi connectivity index (χ0) is 20.1. The molecule has 1 aliphatic heterocycles. The van der Waals surface area contributed by atoms with E-state index >= 15 is 0 Å². The molecule has 9 heteroatoms. The Bertz CT molecular complexity index is 1020. The second kappa shape index (κ2) is 9.05. The van der Waals surface area contributed by atoms with Gasteiger partial charge in [0.1, 0.15) is 0 Å². The van der Waals surface area contributed by atoms with Gasteiger partial charge in [0.05, 0.1) is 42.9 Å². The number of aromatic nitrogens is 4. The second-order valence-corrected chi connectivity index (χ2v) is 7.69. The van der Waals surface area contributed by atoms with E-state index in [1.807, 2.05) is 35.3 Å². The van der Waals surface area contributed by atoms with Crippen molar-refractivity contribution < 1.29 is 4.74 Å². The maximum absolute atomic E-state index is 9.34. The molecule has 8 nitrogen and oxygen atoms in total. The van der Waals surface area contributed by atoms with Crippen molar-refractivity contribution in [3.8, 4) is 11.8 Å². The van der Waals surface area contributed by atoms with E-state index in [0.29, 0.717) is 25.3 Å². The largest absolute Gasteiger partial charge is 0.378 e. The van der Waals surface area contributed by atoms with Gasteiger partial charge in [0.2, 0.25) is 0 Å². The summed E-state index contributed by atoms with van der Waals surface area (Å²) in [7, 11) is 0. The second-order valence-electron chi connectivity index (χ2n) is 6.58. The summed E-state index contributed by atoms with van der Waals surface area (Å²) in [5.41, 5.74) is 8.23. The van der Waals surface area contributed by atoms with Crippen LogP contribution >= 0.6 is 11.8 Å². The van der Waals surface area contributed by atoms with Gasteiger partial charge in [-0.1, -0.05) is 11.8 Å². The first kappa shape index (κ1) is 19.4. The van der Waals surface area contributed by atoms with Crippen molar-refractivity contribution in [1.82, 2.24) is 20.0 Å². The predicted molar refractivity (Wildman–Crippen MR) is 110 cm³/mol. The average molecular weight is 408 g/mol. The van der Waals surface area contributed by atoms with Crippen LogP contribution in [0.25, 0.3) is 5.69 Å². The standard InChI is InChI=1S/C20H21N7OS/c21-4-3-16-12-24-27(14-16)18-2-1-15(11-22)9-19(18)29-17-10-20(25-23-13-17)26-5-7-28-8-6-26/h1-2,9-10,12-14H,3-8,21H2. The minimum atomic E-state index is 0.577. The van der Waals surface area contributed by atoms with Crippen molar-refractivity contribution in [2.45, 2.75) is 16.2 Å². The summed E-state index contributed by atoms with van der Waals surface area (Å²) >= 11 is 1.54. The number of anilines is 1. The molecule has 1 fully saturated rings. The number of benzene rings is 1. The maximum atomic E-state index is 9.34. The smallest absolute Gasteiger partial charge is 0.152 e. The summed E-state index contributed by atoms with van der Waals surface area (Å²) in [5, 5.41) is 22.3. The van der Waals surface area contributed by atoms with Crippen molar-refractivity contribution in [2.75, 3.05) is 37.7 Å². The van der Waals surface area contributed by atoms with Crippen LogP contribution in [0.1, 0.15) is 11.1 Å². The minimum absolute atomic E-state index is 0.577. The molecule has 1 aromatic carbocycles. The van der Waals surface area contributed by atoms with Crippen molar-refractivity contribution >= 4 is 17.6 Å². The Balaban J connectivity index is 1.64. The Labute approximate surface area is 173 Å². The highest BCUT2D eigenvalue weighted by Gasteiger charge is 2.15. The molecule has 3 heterocycles. The van der Waals surface area contributed by atoms with Crippen LogP contribution in [0.4, 0.5) is 5.82 Å². The summed E-state index contributed by atoms with van der Waals surface area (Å²) in [6.45, 7) is 3.56. The lowest BCUT2D eigenvalue weighted by Crippen LogP contribution is -2.36. The Hall–Kier alpha value is -2.93. The molecule has 0 bridgehead atoms. The number of morpholine rings is 1. The van der Waals surface area contributed by atoms with Crippen LogP contribution in [-0.2, 0) is 11.2 Å². The van der Waals surface area contributed by atoms with Gasteiger partial charge in [0.15, 0.2) is 5.82 Å². The third-order valence-corrected chi connectivity index (χ3v) is 5.59. The molecule has 0 saturated carbocycles. The minimum Gasteiger partial charge on any atom is -0.378 e. The summed E-state index contributed by atoms with van der Waals surface area (Å²) in [4.78, 5) is 4.04. The molecule has 1 saturated heterocycles. The average Bonchev–Trinajstić information content (AvgIpc) is 3.23. The van der Waals surface area contributed by atoms with Gasteiger partial charge in [-0.3, -0.25) is 0 Å². The maximum Gasteiger partial charge on any atom is 0.152 e. The Kier molecular flexibility index (Phi) is 6.05. The fraction of sp³-hybridized carbons (Fsp3) is 0.300. The Morgan fingerprint density at radius 3 is 2.86 bits per heavy atom.